The van der Waals surface area contributed by atoms with Crippen molar-refractivity contribution >= 4 is 11.2 Å². The highest BCUT2D eigenvalue weighted by atomic mass is 16.6. The van der Waals surface area contributed by atoms with Gasteiger partial charge in [-0.3, -0.25) is 4.57 Å². The van der Waals surface area contributed by atoms with Crippen molar-refractivity contribution in [3.05, 3.63) is 12.7 Å². The van der Waals surface area contributed by atoms with Crippen molar-refractivity contribution in [2.75, 3.05) is 13.2 Å². The van der Waals surface area contributed by atoms with Crippen molar-refractivity contribution < 1.29 is 19.7 Å². The van der Waals surface area contributed by atoms with Crippen LogP contribution in [0.2, 0.25) is 0 Å². The fourth-order valence-electron chi connectivity index (χ4n) is 2.84. The summed E-state index contributed by atoms with van der Waals surface area (Å²) in [5.74, 6) is -0.161. The number of nitrogens with zero attached hydrogens (tertiary/aromatic N) is 4. The molecule has 0 amide bonds. The van der Waals surface area contributed by atoms with Gasteiger partial charge in [-0.1, -0.05) is 19.8 Å². The van der Waals surface area contributed by atoms with E-state index < -0.39 is 6.23 Å². The van der Waals surface area contributed by atoms with Gasteiger partial charge in [0.25, 0.3) is 0 Å². The van der Waals surface area contributed by atoms with Gasteiger partial charge in [0.2, 0.25) is 5.88 Å². The molecule has 126 valence electrons. The fourth-order valence-corrected chi connectivity index (χ4v) is 2.84. The van der Waals surface area contributed by atoms with Gasteiger partial charge in [-0.15, -0.1) is 0 Å². The quantitative estimate of drug-likeness (QED) is 0.742. The first-order chi connectivity index (χ1) is 11.2. The summed E-state index contributed by atoms with van der Waals surface area (Å²) in [5, 5.41) is 19.1. The molecule has 3 heterocycles. The van der Waals surface area contributed by atoms with Crippen LogP contribution in [0.15, 0.2) is 12.7 Å². The number of aliphatic hydroxyl groups is 1. The lowest BCUT2D eigenvalue weighted by molar-refractivity contribution is -0.0692. The highest BCUT2D eigenvalue weighted by Crippen LogP contribution is 2.33. The normalized spacial score (nSPS) is 24.5. The summed E-state index contributed by atoms with van der Waals surface area (Å²) in [6, 6.07) is 0. The Labute approximate surface area is 134 Å². The summed E-state index contributed by atoms with van der Waals surface area (Å²) in [5.41, 5.74) is 0.816. The number of hydrogen-bond acceptors (Lipinski definition) is 7. The minimum atomic E-state index is -0.423. The number of fused-ring (bicyclic) bond motifs is 1. The van der Waals surface area contributed by atoms with E-state index in [-0.39, 0.29) is 24.7 Å². The number of rotatable bonds is 7. The summed E-state index contributed by atoms with van der Waals surface area (Å²) < 4.78 is 13.6. The van der Waals surface area contributed by atoms with Gasteiger partial charge in [0.1, 0.15) is 12.4 Å². The van der Waals surface area contributed by atoms with Crippen molar-refractivity contribution in [1.29, 1.82) is 0 Å². The fraction of sp³-hybridized carbons (Fsp3) is 0.667. The van der Waals surface area contributed by atoms with E-state index in [0.29, 0.717) is 24.2 Å². The van der Waals surface area contributed by atoms with E-state index in [1.807, 2.05) is 0 Å². The van der Waals surface area contributed by atoms with Gasteiger partial charge in [-0.05, 0) is 6.42 Å². The van der Waals surface area contributed by atoms with Gasteiger partial charge in [0.15, 0.2) is 17.4 Å². The molecule has 8 nitrogen and oxygen atoms in total. The van der Waals surface area contributed by atoms with Crippen LogP contribution in [-0.2, 0) is 9.47 Å². The van der Waals surface area contributed by atoms with E-state index in [1.165, 1.54) is 6.33 Å². The second-order valence-electron chi connectivity index (χ2n) is 5.70. The Bertz CT molecular complexity index is 647. The average molecular weight is 322 g/mol. The molecule has 1 aliphatic rings. The third-order valence-electron chi connectivity index (χ3n) is 4.04. The van der Waals surface area contributed by atoms with E-state index in [9.17, 15) is 10.2 Å². The molecule has 1 aliphatic heterocycles. The van der Waals surface area contributed by atoms with Gasteiger partial charge >= 0.3 is 0 Å². The second-order valence-corrected chi connectivity index (χ2v) is 5.70. The van der Waals surface area contributed by atoms with Gasteiger partial charge in [0.05, 0.1) is 19.0 Å². The first-order valence-corrected chi connectivity index (χ1v) is 7.99. The van der Waals surface area contributed by atoms with Crippen molar-refractivity contribution in [3.63, 3.8) is 0 Å². The first kappa shape index (κ1) is 16.1. The Hall–Kier alpha value is -1.77. The smallest absolute Gasteiger partial charge is 0.242 e. The number of ether oxygens (including phenoxy) is 2. The molecule has 0 saturated carbocycles. The van der Waals surface area contributed by atoms with Crippen LogP contribution in [0, 0.1) is 0 Å². The van der Waals surface area contributed by atoms with Crippen molar-refractivity contribution in [2.45, 2.75) is 51.0 Å². The summed E-state index contributed by atoms with van der Waals surface area (Å²) in [6.45, 7) is 2.74. The molecule has 0 spiro atoms. The molecule has 2 aromatic heterocycles. The monoisotopic (exact) mass is 322 g/mol. The number of unbranched alkanes of at least 4 members (excludes halogenated alkanes) is 2. The SMILES string of the molecule is CCCCCOC1C[C@@H](CO)O[C@H]1n1cnc2c(O)ncnc21. The number of aromatic nitrogens is 4. The summed E-state index contributed by atoms with van der Waals surface area (Å²) >= 11 is 0. The van der Waals surface area contributed by atoms with Crippen molar-refractivity contribution in [3.8, 4) is 5.88 Å². The van der Waals surface area contributed by atoms with E-state index in [1.54, 1.807) is 10.9 Å². The Kier molecular flexibility index (Phi) is 5.04. The van der Waals surface area contributed by atoms with Crippen LogP contribution < -0.4 is 0 Å². The molecule has 0 aliphatic carbocycles. The topological polar surface area (TPSA) is 103 Å². The largest absolute Gasteiger partial charge is 0.492 e. The number of imidazole rings is 1. The molecule has 2 N–H and O–H groups in total. The summed E-state index contributed by atoms with van der Waals surface area (Å²) in [6.07, 6.45) is 5.83. The van der Waals surface area contributed by atoms with E-state index in [2.05, 4.69) is 21.9 Å². The Balaban J connectivity index is 1.80. The van der Waals surface area contributed by atoms with Crippen LogP contribution in [-0.4, -0.2) is 55.2 Å². The summed E-state index contributed by atoms with van der Waals surface area (Å²) in [7, 11) is 0. The maximum absolute atomic E-state index is 9.75. The van der Waals surface area contributed by atoms with Crippen LogP contribution in [0.3, 0.4) is 0 Å². The van der Waals surface area contributed by atoms with Gasteiger partial charge < -0.3 is 19.7 Å². The van der Waals surface area contributed by atoms with E-state index in [4.69, 9.17) is 9.47 Å². The average Bonchev–Trinajstić information content (AvgIpc) is 3.16. The summed E-state index contributed by atoms with van der Waals surface area (Å²) in [4.78, 5) is 12.0. The van der Waals surface area contributed by atoms with Crippen LogP contribution in [0.25, 0.3) is 11.2 Å². The predicted molar refractivity (Wildman–Crippen MR) is 81.9 cm³/mol. The molecule has 0 bridgehead atoms. The third-order valence-corrected chi connectivity index (χ3v) is 4.04. The van der Waals surface area contributed by atoms with E-state index >= 15 is 0 Å². The zero-order chi connectivity index (χ0) is 16.2. The van der Waals surface area contributed by atoms with Crippen LogP contribution in [0.5, 0.6) is 5.88 Å². The molecule has 23 heavy (non-hydrogen) atoms. The zero-order valence-corrected chi connectivity index (χ0v) is 13.1. The highest BCUT2D eigenvalue weighted by Gasteiger charge is 2.38. The zero-order valence-electron chi connectivity index (χ0n) is 13.1. The molecular formula is C15H22N4O4. The highest BCUT2D eigenvalue weighted by molar-refractivity contribution is 5.75. The number of aromatic hydroxyl groups is 1. The first-order valence-electron chi connectivity index (χ1n) is 7.99. The Morgan fingerprint density at radius 1 is 1.35 bits per heavy atom. The molecule has 2 aromatic rings. The predicted octanol–water partition coefficient (Wildman–Crippen LogP) is 1.39. The van der Waals surface area contributed by atoms with E-state index in [0.717, 1.165) is 19.3 Å². The molecule has 8 heteroatoms. The standard InChI is InChI=1S/C15H22N4O4/c1-2-3-4-5-22-11-6-10(7-20)23-15(11)19-9-18-12-13(19)16-8-17-14(12)21/h8-11,15,20H,2-7H2,1H3,(H,16,17,21)/t10-,11?,15+/m0/s1. The Morgan fingerprint density at radius 2 is 2.22 bits per heavy atom. The van der Waals surface area contributed by atoms with Gasteiger partial charge in [0, 0.05) is 13.0 Å². The molecule has 3 atom stereocenters. The van der Waals surface area contributed by atoms with Gasteiger partial charge in [-0.2, -0.15) is 4.98 Å². The lowest BCUT2D eigenvalue weighted by atomic mass is 10.2. The third kappa shape index (κ3) is 3.29. The lowest BCUT2D eigenvalue weighted by Gasteiger charge is -2.20. The molecule has 1 saturated heterocycles. The number of aliphatic hydroxyl groups excluding tert-OH is 1. The van der Waals surface area contributed by atoms with Crippen molar-refractivity contribution in [2.24, 2.45) is 0 Å². The van der Waals surface area contributed by atoms with Gasteiger partial charge in [-0.25, -0.2) is 9.97 Å². The molecular weight excluding hydrogens is 300 g/mol. The van der Waals surface area contributed by atoms with Crippen LogP contribution in [0.1, 0.15) is 38.8 Å². The lowest BCUT2D eigenvalue weighted by Crippen LogP contribution is -2.23. The minimum absolute atomic E-state index is 0.0574. The minimum Gasteiger partial charge on any atom is -0.492 e. The Morgan fingerprint density at radius 3 is 3.00 bits per heavy atom. The second kappa shape index (κ2) is 7.20. The van der Waals surface area contributed by atoms with Crippen molar-refractivity contribution in [1.82, 2.24) is 19.5 Å². The van der Waals surface area contributed by atoms with Crippen LogP contribution >= 0.6 is 0 Å². The molecule has 1 unspecified atom stereocenters. The molecule has 0 radical (unpaired) electrons. The number of hydrogen-bond donors (Lipinski definition) is 2. The molecule has 1 fully saturated rings. The molecule has 3 rings (SSSR count). The van der Waals surface area contributed by atoms with Crippen LogP contribution in [0.4, 0.5) is 0 Å². The molecule has 0 aromatic carbocycles. The maximum atomic E-state index is 9.75. The maximum Gasteiger partial charge on any atom is 0.242 e.